The van der Waals surface area contributed by atoms with Crippen molar-refractivity contribution in [2.24, 2.45) is 0 Å². The fraction of sp³-hybridized carbons (Fsp3) is 0.381. The number of aryl methyl sites for hydroxylation is 1. The van der Waals surface area contributed by atoms with Gasteiger partial charge in [0, 0.05) is 31.7 Å². The molecule has 1 amide bonds. The first-order chi connectivity index (χ1) is 14.5. The average Bonchev–Trinajstić information content (AvgIpc) is 2.73. The molecule has 0 spiro atoms. The van der Waals surface area contributed by atoms with E-state index >= 15 is 0 Å². The highest BCUT2D eigenvalue weighted by molar-refractivity contribution is 7.92. The lowest BCUT2D eigenvalue weighted by molar-refractivity contribution is 0.0921. The molecule has 0 radical (unpaired) electrons. The highest BCUT2D eigenvalue weighted by Gasteiger charge is 2.27. The molecular formula is C21H27N3O5S2. The minimum Gasteiger partial charge on any atom is -0.348 e. The predicted octanol–water partition coefficient (Wildman–Crippen LogP) is 1.97. The van der Waals surface area contributed by atoms with Crippen LogP contribution in [0.2, 0.25) is 0 Å². The molecule has 0 bridgehead atoms. The minimum atomic E-state index is -3.71. The molecule has 8 nitrogen and oxygen atoms in total. The van der Waals surface area contributed by atoms with Crippen LogP contribution in [0, 0.1) is 6.92 Å². The summed E-state index contributed by atoms with van der Waals surface area (Å²) >= 11 is 0. The van der Waals surface area contributed by atoms with Crippen LogP contribution in [0.25, 0.3) is 0 Å². The molecule has 0 aliphatic carbocycles. The molecule has 1 unspecified atom stereocenters. The summed E-state index contributed by atoms with van der Waals surface area (Å²) in [5.74, 6) is -0.323. The van der Waals surface area contributed by atoms with E-state index in [-0.39, 0.29) is 23.4 Å². The van der Waals surface area contributed by atoms with E-state index < -0.39 is 20.0 Å². The van der Waals surface area contributed by atoms with Crippen molar-refractivity contribution in [3.8, 4) is 0 Å². The van der Waals surface area contributed by atoms with Gasteiger partial charge < -0.3 is 5.32 Å². The van der Waals surface area contributed by atoms with Gasteiger partial charge >= 0.3 is 0 Å². The molecule has 1 saturated heterocycles. The second kappa shape index (κ2) is 8.97. The number of nitrogens with zero attached hydrogens (tertiary/aromatic N) is 2. The summed E-state index contributed by atoms with van der Waals surface area (Å²) in [5.41, 5.74) is 1.77. The Hall–Kier alpha value is -2.43. The summed E-state index contributed by atoms with van der Waals surface area (Å²) in [4.78, 5) is 12.8. The monoisotopic (exact) mass is 465 g/mol. The van der Waals surface area contributed by atoms with Crippen LogP contribution in [-0.2, 0) is 20.0 Å². The number of amides is 1. The van der Waals surface area contributed by atoms with Gasteiger partial charge in [0.1, 0.15) is 0 Å². The summed E-state index contributed by atoms with van der Waals surface area (Å²) in [6.07, 6.45) is 2.54. The molecular weight excluding hydrogens is 438 g/mol. The summed E-state index contributed by atoms with van der Waals surface area (Å²) < 4.78 is 51.7. The van der Waals surface area contributed by atoms with Crippen LogP contribution in [0.15, 0.2) is 53.4 Å². The van der Waals surface area contributed by atoms with Crippen LogP contribution in [-0.4, -0.2) is 59.5 Å². The quantitative estimate of drug-likeness (QED) is 0.703. The SMILES string of the molecule is Cc1ccc(S(=O)(=O)N(C)c2ccc(C(=O)NC3CCCN(S(C)(=O)=O)C3)cc2)cc1. The Labute approximate surface area is 184 Å². The summed E-state index contributed by atoms with van der Waals surface area (Å²) in [7, 11) is -5.54. The van der Waals surface area contributed by atoms with Crippen molar-refractivity contribution in [3.63, 3.8) is 0 Å². The summed E-state index contributed by atoms with van der Waals surface area (Å²) in [6.45, 7) is 2.60. The van der Waals surface area contributed by atoms with Gasteiger partial charge in [-0.15, -0.1) is 0 Å². The Morgan fingerprint density at radius 2 is 1.65 bits per heavy atom. The van der Waals surface area contributed by atoms with Crippen molar-refractivity contribution in [1.29, 1.82) is 0 Å². The molecule has 1 N–H and O–H groups in total. The molecule has 3 rings (SSSR count). The van der Waals surface area contributed by atoms with Crippen molar-refractivity contribution in [3.05, 3.63) is 59.7 Å². The topological polar surface area (TPSA) is 104 Å². The maximum atomic E-state index is 12.8. The first-order valence-corrected chi connectivity index (χ1v) is 13.2. The van der Waals surface area contributed by atoms with Crippen LogP contribution in [0.1, 0.15) is 28.8 Å². The van der Waals surface area contributed by atoms with Gasteiger partial charge in [-0.1, -0.05) is 17.7 Å². The molecule has 0 saturated carbocycles. The van der Waals surface area contributed by atoms with Crippen LogP contribution in [0.4, 0.5) is 5.69 Å². The lowest BCUT2D eigenvalue weighted by atomic mass is 10.1. The third-order valence-electron chi connectivity index (χ3n) is 5.36. The number of anilines is 1. The molecule has 31 heavy (non-hydrogen) atoms. The normalized spacial score (nSPS) is 17.8. The fourth-order valence-corrected chi connectivity index (χ4v) is 5.57. The molecule has 2 aromatic rings. The number of carbonyl (C=O) groups excluding carboxylic acids is 1. The van der Waals surface area contributed by atoms with Crippen LogP contribution in [0.5, 0.6) is 0 Å². The van der Waals surface area contributed by atoms with Gasteiger partial charge in [0.05, 0.1) is 16.8 Å². The maximum absolute atomic E-state index is 12.8. The van der Waals surface area contributed by atoms with Gasteiger partial charge in [0.2, 0.25) is 10.0 Å². The number of nitrogens with one attached hydrogen (secondary N) is 1. The van der Waals surface area contributed by atoms with Crippen molar-refractivity contribution in [2.75, 3.05) is 30.7 Å². The average molecular weight is 466 g/mol. The molecule has 2 aromatic carbocycles. The van der Waals surface area contributed by atoms with Crippen molar-refractivity contribution in [2.45, 2.75) is 30.7 Å². The van der Waals surface area contributed by atoms with Gasteiger partial charge in [0.15, 0.2) is 0 Å². The predicted molar refractivity (Wildman–Crippen MR) is 120 cm³/mol. The lowest BCUT2D eigenvalue weighted by Gasteiger charge is -2.31. The van der Waals surface area contributed by atoms with Gasteiger partial charge in [-0.2, -0.15) is 0 Å². The Balaban J connectivity index is 1.69. The van der Waals surface area contributed by atoms with E-state index in [1.54, 1.807) is 48.5 Å². The third kappa shape index (κ3) is 5.44. The molecule has 0 aromatic heterocycles. The zero-order chi connectivity index (χ0) is 22.8. The third-order valence-corrected chi connectivity index (χ3v) is 8.43. The van der Waals surface area contributed by atoms with Crippen LogP contribution in [0.3, 0.4) is 0 Å². The van der Waals surface area contributed by atoms with E-state index in [0.717, 1.165) is 11.8 Å². The maximum Gasteiger partial charge on any atom is 0.264 e. The van der Waals surface area contributed by atoms with E-state index in [0.29, 0.717) is 30.6 Å². The van der Waals surface area contributed by atoms with Gasteiger partial charge in [-0.3, -0.25) is 9.10 Å². The number of hydrogen-bond acceptors (Lipinski definition) is 5. The van der Waals surface area contributed by atoms with Gasteiger partial charge in [-0.05, 0) is 56.2 Å². The Morgan fingerprint density at radius 1 is 1.03 bits per heavy atom. The highest BCUT2D eigenvalue weighted by atomic mass is 32.2. The van der Waals surface area contributed by atoms with Gasteiger partial charge in [-0.25, -0.2) is 21.1 Å². The number of piperidine rings is 1. The van der Waals surface area contributed by atoms with Crippen LogP contribution >= 0.6 is 0 Å². The van der Waals surface area contributed by atoms with E-state index in [1.165, 1.54) is 15.7 Å². The van der Waals surface area contributed by atoms with E-state index in [9.17, 15) is 21.6 Å². The molecule has 1 fully saturated rings. The Kier molecular flexibility index (Phi) is 6.73. The molecule has 1 aliphatic heterocycles. The smallest absolute Gasteiger partial charge is 0.264 e. The number of benzene rings is 2. The second-order valence-corrected chi connectivity index (χ2v) is 11.7. The first-order valence-electron chi connectivity index (χ1n) is 9.90. The Bertz CT molecular complexity index is 1140. The lowest BCUT2D eigenvalue weighted by Crippen LogP contribution is -2.49. The zero-order valence-electron chi connectivity index (χ0n) is 17.8. The number of rotatable bonds is 6. The number of sulfonamides is 2. The van der Waals surface area contributed by atoms with Crippen molar-refractivity contribution in [1.82, 2.24) is 9.62 Å². The van der Waals surface area contributed by atoms with E-state index in [2.05, 4.69) is 5.32 Å². The van der Waals surface area contributed by atoms with Crippen molar-refractivity contribution < 1.29 is 21.6 Å². The standard InChI is InChI=1S/C21H27N3O5S2/c1-16-6-12-20(13-7-16)31(28,29)23(2)19-10-8-17(9-11-19)21(25)22-18-5-4-14-24(15-18)30(3,26)27/h6-13,18H,4-5,14-15H2,1-3H3,(H,22,25). The minimum absolute atomic E-state index is 0.190. The van der Waals surface area contributed by atoms with E-state index in [1.807, 2.05) is 6.92 Å². The number of carbonyl (C=O) groups is 1. The Morgan fingerprint density at radius 3 is 2.23 bits per heavy atom. The highest BCUT2D eigenvalue weighted by Crippen LogP contribution is 2.23. The van der Waals surface area contributed by atoms with E-state index in [4.69, 9.17) is 0 Å². The first kappa shape index (κ1) is 23.2. The number of hydrogen-bond donors (Lipinski definition) is 1. The molecule has 1 atom stereocenters. The van der Waals surface area contributed by atoms with Crippen molar-refractivity contribution >= 4 is 31.6 Å². The van der Waals surface area contributed by atoms with Gasteiger partial charge in [0.25, 0.3) is 15.9 Å². The van der Waals surface area contributed by atoms with Crippen LogP contribution < -0.4 is 9.62 Å². The molecule has 168 valence electrons. The zero-order valence-corrected chi connectivity index (χ0v) is 19.4. The summed E-state index contributed by atoms with van der Waals surface area (Å²) in [6, 6.07) is 12.6. The molecule has 1 heterocycles. The second-order valence-electron chi connectivity index (χ2n) is 7.77. The summed E-state index contributed by atoms with van der Waals surface area (Å²) in [5, 5.41) is 2.87. The largest absolute Gasteiger partial charge is 0.348 e. The fourth-order valence-electron chi connectivity index (χ4n) is 3.46. The molecule has 10 heteroatoms. The molecule has 1 aliphatic rings.